The van der Waals surface area contributed by atoms with Crippen LogP contribution in [-0.4, -0.2) is 5.25 Å². The van der Waals surface area contributed by atoms with E-state index in [9.17, 15) is 0 Å². The van der Waals surface area contributed by atoms with Gasteiger partial charge in [-0.15, -0.1) is 11.8 Å². The fourth-order valence-corrected chi connectivity index (χ4v) is 3.97. The van der Waals surface area contributed by atoms with Crippen molar-refractivity contribution < 1.29 is 0 Å². The summed E-state index contributed by atoms with van der Waals surface area (Å²) in [5, 5.41) is 0.653. The van der Waals surface area contributed by atoms with Gasteiger partial charge in [-0.05, 0) is 30.1 Å². The van der Waals surface area contributed by atoms with Gasteiger partial charge in [-0.1, -0.05) is 37.0 Å². The first-order chi connectivity index (χ1) is 7.38. The second-order valence-corrected chi connectivity index (χ2v) is 5.41. The summed E-state index contributed by atoms with van der Waals surface area (Å²) < 4.78 is 0. The van der Waals surface area contributed by atoms with E-state index in [1.807, 2.05) is 17.8 Å². The minimum Gasteiger partial charge on any atom is -0.118 e. The molecule has 1 heterocycles. The van der Waals surface area contributed by atoms with Crippen LogP contribution >= 0.6 is 11.8 Å². The van der Waals surface area contributed by atoms with Crippen LogP contribution in [0.4, 0.5) is 0 Å². The molecule has 0 saturated carbocycles. The van der Waals surface area contributed by atoms with Gasteiger partial charge >= 0.3 is 0 Å². The van der Waals surface area contributed by atoms with Crippen LogP contribution in [0.3, 0.4) is 0 Å². The van der Waals surface area contributed by atoms with Crippen molar-refractivity contribution in [3.8, 4) is 0 Å². The Morgan fingerprint density at radius 1 is 1.27 bits per heavy atom. The van der Waals surface area contributed by atoms with E-state index in [4.69, 9.17) is 0 Å². The molecule has 2 aliphatic carbocycles. The van der Waals surface area contributed by atoms with Gasteiger partial charge in [-0.25, -0.2) is 0 Å². The van der Waals surface area contributed by atoms with Gasteiger partial charge in [0.2, 0.25) is 0 Å². The summed E-state index contributed by atoms with van der Waals surface area (Å²) in [7, 11) is 0. The van der Waals surface area contributed by atoms with Crippen molar-refractivity contribution in [1.82, 2.24) is 0 Å². The first-order valence-corrected chi connectivity index (χ1v) is 6.34. The molecule has 0 fully saturated rings. The summed E-state index contributed by atoms with van der Waals surface area (Å²) in [4.78, 5) is 1.50. The number of hydrogen-bond acceptors (Lipinski definition) is 1. The lowest BCUT2D eigenvalue weighted by atomic mass is 9.85. The zero-order valence-electron chi connectivity index (χ0n) is 8.65. The average molecular weight is 214 g/mol. The monoisotopic (exact) mass is 214 g/mol. The van der Waals surface area contributed by atoms with Gasteiger partial charge in [0, 0.05) is 16.1 Å². The molecule has 1 heteroatoms. The number of fused-ring (bicyclic) bond motifs is 2. The second kappa shape index (κ2) is 3.57. The number of allylic oxidation sites excluding steroid dienone is 7. The highest BCUT2D eigenvalue weighted by molar-refractivity contribution is 8.04. The maximum atomic E-state index is 3.86. The molecule has 15 heavy (non-hydrogen) atoms. The van der Waals surface area contributed by atoms with Crippen LogP contribution < -0.4 is 0 Å². The minimum atomic E-state index is 0.653. The molecule has 2 atom stereocenters. The molecule has 2 unspecified atom stereocenters. The Bertz CT molecular complexity index is 421. The molecule has 0 nitrogen and oxygen atoms in total. The highest BCUT2D eigenvalue weighted by Crippen LogP contribution is 2.49. The lowest BCUT2D eigenvalue weighted by molar-refractivity contribution is 0.731. The van der Waals surface area contributed by atoms with E-state index in [2.05, 4.69) is 37.0 Å². The van der Waals surface area contributed by atoms with Crippen LogP contribution in [0.1, 0.15) is 12.8 Å². The smallest absolute Gasteiger partial charge is 0.0378 e. The Hall–Kier alpha value is -0.950. The third-order valence-electron chi connectivity index (χ3n) is 3.33. The van der Waals surface area contributed by atoms with Crippen LogP contribution in [-0.2, 0) is 0 Å². The Balaban J connectivity index is 1.97. The van der Waals surface area contributed by atoms with Crippen molar-refractivity contribution in [1.29, 1.82) is 0 Å². The van der Waals surface area contributed by atoms with E-state index in [0.717, 1.165) is 0 Å². The highest BCUT2D eigenvalue weighted by atomic mass is 32.2. The third-order valence-corrected chi connectivity index (χ3v) is 4.68. The maximum absolute atomic E-state index is 3.86. The minimum absolute atomic E-state index is 0.653. The molecule has 76 valence electrons. The van der Waals surface area contributed by atoms with Crippen molar-refractivity contribution in [3.05, 3.63) is 59.1 Å². The molecule has 3 aliphatic rings. The first kappa shape index (κ1) is 9.29. The Labute approximate surface area is 95.1 Å². The summed E-state index contributed by atoms with van der Waals surface area (Å²) in [5.74, 6) is 0.664. The van der Waals surface area contributed by atoms with Crippen molar-refractivity contribution >= 4 is 11.8 Å². The second-order valence-electron chi connectivity index (χ2n) is 4.19. The van der Waals surface area contributed by atoms with Crippen LogP contribution in [0.15, 0.2) is 59.1 Å². The first-order valence-electron chi connectivity index (χ1n) is 5.46. The van der Waals surface area contributed by atoms with E-state index < -0.39 is 0 Å². The third kappa shape index (κ3) is 1.46. The van der Waals surface area contributed by atoms with Gasteiger partial charge in [0.15, 0.2) is 0 Å². The molecule has 0 aromatic heterocycles. The number of rotatable bonds is 1. The summed E-state index contributed by atoms with van der Waals surface area (Å²) in [6.07, 6.45) is 15.8. The van der Waals surface area contributed by atoms with E-state index in [0.29, 0.717) is 11.2 Å². The largest absolute Gasteiger partial charge is 0.118 e. The number of hydrogen-bond donors (Lipinski definition) is 0. The van der Waals surface area contributed by atoms with Crippen molar-refractivity contribution in [2.45, 2.75) is 18.1 Å². The topological polar surface area (TPSA) is 0 Å². The Morgan fingerprint density at radius 3 is 3.00 bits per heavy atom. The fraction of sp³-hybridized carbons (Fsp3) is 0.286. The lowest BCUT2D eigenvalue weighted by Gasteiger charge is -2.19. The molecule has 0 N–H and O–H groups in total. The average Bonchev–Trinajstić information content (AvgIpc) is 2.66. The lowest BCUT2D eigenvalue weighted by Crippen LogP contribution is -2.12. The van der Waals surface area contributed by atoms with Crippen LogP contribution in [0.5, 0.6) is 0 Å². The van der Waals surface area contributed by atoms with Gasteiger partial charge in [0.05, 0.1) is 0 Å². The van der Waals surface area contributed by atoms with Gasteiger partial charge in [-0.2, -0.15) is 0 Å². The summed E-state index contributed by atoms with van der Waals surface area (Å²) in [6.45, 7) is 3.86. The van der Waals surface area contributed by atoms with Gasteiger partial charge < -0.3 is 0 Å². The van der Waals surface area contributed by atoms with Gasteiger partial charge in [-0.3, -0.25) is 0 Å². The molecule has 0 bridgehead atoms. The summed E-state index contributed by atoms with van der Waals surface area (Å²) >= 11 is 2.02. The normalized spacial score (nSPS) is 32.4. The molecule has 1 aliphatic heterocycles. The molecule has 0 radical (unpaired) electrons. The van der Waals surface area contributed by atoms with Crippen LogP contribution in [0, 0.1) is 5.92 Å². The molecule has 0 aromatic carbocycles. The molecular formula is C14H14S. The summed E-state index contributed by atoms with van der Waals surface area (Å²) in [6, 6.07) is 0. The van der Waals surface area contributed by atoms with E-state index in [1.165, 1.54) is 23.3 Å². The van der Waals surface area contributed by atoms with Crippen molar-refractivity contribution in [2.24, 2.45) is 5.92 Å². The molecular weight excluding hydrogens is 200 g/mol. The fourth-order valence-electron chi connectivity index (χ4n) is 2.50. The predicted molar refractivity (Wildman–Crippen MR) is 67.7 cm³/mol. The van der Waals surface area contributed by atoms with Gasteiger partial charge in [0.1, 0.15) is 0 Å². The SMILES string of the molecule is C=CC1=CC2=C(CC1)C1C=CC=CC1S2. The van der Waals surface area contributed by atoms with E-state index in [-0.39, 0.29) is 0 Å². The Morgan fingerprint density at radius 2 is 2.13 bits per heavy atom. The number of thioether (sulfide) groups is 1. The molecule has 0 aromatic rings. The predicted octanol–water partition coefficient (Wildman–Crippen LogP) is 4.00. The zero-order valence-corrected chi connectivity index (χ0v) is 9.46. The maximum Gasteiger partial charge on any atom is 0.0378 e. The molecule has 3 rings (SSSR count). The summed E-state index contributed by atoms with van der Waals surface area (Å²) in [5.41, 5.74) is 3.05. The molecule has 0 amide bonds. The quantitative estimate of drug-likeness (QED) is 0.635. The van der Waals surface area contributed by atoms with Crippen LogP contribution in [0.2, 0.25) is 0 Å². The standard InChI is InChI=1S/C14H14S/c1-2-10-7-8-12-11-5-3-4-6-13(11)15-14(12)9-10/h2-6,9,11,13H,1,7-8H2. The zero-order chi connectivity index (χ0) is 10.3. The van der Waals surface area contributed by atoms with Crippen molar-refractivity contribution in [3.63, 3.8) is 0 Å². The van der Waals surface area contributed by atoms with Crippen LogP contribution in [0.25, 0.3) is 0 Å². The Kier molecular flexibility index (Phi) is 2.21. The highest BCUT2D eigenvalue weighted by Gasteiger charge is 2.33. The molecule has 0 saturated heterocycles. The van der Waals surface area contributed by atoms with E-state index in [1.54, 1.807) is 5.57 Å². The molecule has 0 spiro atoms. The van der Waals surface area contributed by atoms with Gasteiger partial charge in [0.25, 0.3) is 0 Å². The van der Waals surface area contributed by atoms with E-state index >= 15 is 0 Å². The van der Waals surface area contributed by atoms with Crippen molar-refractivity contribution in [2.75, 3.05) is 0 Å².